The molecule has 0 saturated heterocycles. The molecule has 0 radical (unpaired) electrons. The molecule has 2 aliphatic heterocycles. The van der Waals surface area contributed by atoms with Gasteiger partial charge in [0.25, 0.3) is 0 Å². The topological polar surface area (TPSA) is 24.9 Å². The summed E-state index contributed by atoms with van der Waals surface area (Å²) < 4.78 is 12.8. The lowest BCUT2D eigenvalue weighted by atomic mass is 9.69. The van der Waals surface area contributed by atoms with Crippen molar-refractivity contribution in [2.45, 2.75) is 58.3 Å². The molecule has 3 aliphatic carbocycles. The summed E-state index contributed by atoms with van der Waals surface area (Å²) in [6.45, 7) is 14.5. The molecule has 5 aliphatic rings. The third-order valence-electron chi connectivity index (χ3n) is 12.9. The molecular formula is C50H42N2O2. The Balaban J connectivity index is 1.05. The van der Waals surface area contributed by atoms with E-state index in [1.807, 2.05) is 12.1 Å². The summed E-state index contributed by atoms with van der Waals surface area (Å²) in [4.78, 5) is 4.79. The SMILES string of the molecule is CC1=CC(N2c3ccccc3Oc3ccccc32)=CC2C1c1ccc3c(c1C2(C)C)C(C)(C)c1cc(N2c4ccccc4Oc4ccccc42)cc(C)c1-3. The molecule has 2 unspecified atom stereocenters. The molecule has 264 valence electrons. The molecular weight excluding hydrogens is 661 g/mol. The Morgan fingerprint density at radius 3 is 1.65 bits per heavy atom. The van der Waals surface area contributed by atoms with Gasteiger partial charge < -0.3 is 19.3 Å². The lowest BCUT2D eigenvalue weighted by Gasteiger charge is -2.39. The Morgan fingerprint density at radius 2 is 1.09 bits per heavy atom. The predicted molar refractivity (Wildman–Crippen MR) is 220 cm³/mol. The number of benzene rings is 6. The number of fused-ring (bicyclic) bond motifs is 11. The molecule has 0 fully saturated rings. The van der Waals surface area contributed by atoms with Crippen molar-refractivity contribution in [3.8, 4) is 34.1 Å². The molecule has 0 saturated carbocycles. The van der Waals surface area contributed by atoms with Crippen LogP contribution in [0, 0.1) is 12.8 Å². The minimum atomic E-state index is -0.209. The molecule has 0 aromatic heterocycles. The standard InChI is InChI=1S/C50H42N2O2/c1-29-25-31(51-37-15-7-11-19-41(37)53-42-20-12-8-16-38(42)51)27-35-45(29)33-23-24-34-46-30(2)26-32(28-36(46)50(5,6)48(34)47(33)49(35,3)4)52-39-17-9-13-21-43(39)54-44-22-14-10-18-40(44)52/h7-28,35,45H,1-6H3. The quantitative estimate of drug-likeness (QED) is 0.179. The summed E-state index contributed by atoms with van der Waals surface area (Å²) in [6.07, 6.45) is 4.99. The number of anilines is 5. The summed E-state index contributed by atoms with van der Waals surface area (Å²) in [5.74, 6) is 4.12. The second kappa shape index (κ2) is 10.8. The van der Waals surface area contributed by atoms with E-state index >= 15 is 0 Å². The highest BCUT2D eigenvalue weighted by atomic mass is 16.5. The molecule has 0 amide bonds. The van der Waals surface area contributed by atoms with Gasteiger partial charge in [0.05, 0.1) is 22.7 Å². The number of rotatable bonds is 2. The minimum Gasteiger partial charge on any atom is -0.453 e. The smallest absolute Gasteiger partial charge is 0.151 e. The van der Waals surface area contributed by atoms with Crippen LogP contribution in [0.5, 0.6) is 23.0 Å². The molecule has 54 heavy (non-hydrogen) atoms. The van der Waals surface area contributed by atoms with Crippen molar-refractivity contribution in [2.75, 3.05) is 9.80 Å². The van der Waals surface area contributed by atoms with Gasteiger partial charge in [-0.1, -0.05) is 100 Å². The van der Waals surface area contributed by atoms with Gasteiger partial charge >= 0.3 is 0 Å². The molecule has 2 heterocycles. The number of aryl methyl sites for hydroxylation is 1. The number of ether oxygens (including phenoxy) is 2. The van der Waals surface area contributed by atoms with Crippen molar-refractivity contribution < 1.29 is 9.47 Å². The second-order valence-corrected chi connectivity index (χ2v) is 16.7. The molecule has 4 nitrogen and oxygen atoms in total. The average Bonchev–Trinajstić information content (AvgIpc) is 3.55. The summed E-state index contributed by atoms with van der Waals surface area (Å²) in [5.41, 5.74) is 17.7. The van der Waals surface area contributed by atoms with E-state index < -0.39 is 0 Å². The molecule has 6 aromatic rings. The van der Waals surface area contributed by atoms with Crippen LogP contribution in [0.25, 0.3) is 11.1 Å². The van der Waals surface area contributed by atoms with Gasteiger partial charge in [-0.2, -0.15) is 0 Å². The first-order valence-electron chi connectivity index (χ1n) is 19.2. The van der Waals surface area contributed by atoms with Gasteiger partial charge in [-0.3, -0.25) is 0 Å². The normalized spacial score (nSPS) is 20.0. The summed E-state index contributed by atoms with van der Waals surface area (Å²) >= 11 is 0. The molecule has 0 spiro atoms. The summed E-state index contributed by atoms with van der Waals surface area (Å²) in [5, 5.41) is 0. The van der Waals surface area contributed by atoms with Crippen molar-refractivity contribution >= 4 is 28.4 Å². The molecule has 6 aromatic carbocycles. The number of para-hydroxylation sites is 8. The maximum Gasteiger partial charge on any atom is 0.151 e. The van der Waals surface area contributed by atoms with E-state index in [-0.39, 0.29) is 10.8 Å². The average molecular weight is 703 g/mol. The number of nitrogens with zero attached hydrogens (tertiary/aromatic N) is 2. The molecule has 11 rings (SSSR count). The highest BCUT2D eigenvalue weighted by molar-refractivity contribution is 5.92. The van der Waals surface area contributed by atoms with E-state index in [0.29, 0.717) is 11.8 Å². The highest BCUT2D eigenvalue weighted by Crippen LogP contribution is 2.64. The minimum absolute atomic E-state index is 0.116. The zero-order valence-corrected chi connectivity index (χ0v) is 31.6. The fourth-order valence-corrected chi connectivity index (χ4v) is 10.6. The van der Waals surface area contributed by atoms with Crippen molar-refractivity contribution in [3.63, 3.8) is 0 Å². The maximum atomic E-state index is 6.40. The van der Waals surface area contributed by atoms with E-state index in [4.69, 9.17) is 9.47 Å². The monoisotopic (exact) mass is 702 g/mol. The summed E-state index contributed by atoms with van der Waals surface area (Å²) in [7, 11) is 0. The van der Waals surface area contributed by atoms with Crippen molar-refractivity contribution in [1.82, 2.24) is 0 Å². The first-order valence-corrected chi connectivity index (χ1v) is 19.2. The Bertz CT molecular complexity index is 2590. The van der Waals surface area contributed by atoms with Crippen LogP contribution in [0.1, 0.15) is 68.4 Å². The predicted octanol–water partition coefficient (Wildman–Crippen LogP) is 13.7. The molecule has 0 N–H and O–H groups in total. The third-order valence-corrected chi connectivity index (χ3v) is 12.9. The molecule has 0 bridgehead atoms. The van der Waals surface area contributed by atoms with E-state index in [0.717, 1.165) is 51.4 Å². The first-order chi connectivity index (χ1) is 26.1. The Morgan fingerprint density at radius 1 is 0.574 bits per heavy atom. The van der Waals surface area contributed by atoms with Gasteiger partial charge in [0, 0.05) is 22.7 Å². The zero-order chi connectivity index (χ0) is 36.7. The van der Waals surface area contributed by atoms with E-state index in [9.17, 15) is 0 Å². The van der Waals surface area contributed by atoms with Crippen LogP contribution in [-0.4, -0.2) is 0 Å². The number of hydrogen-bond donors (Lipinski definition) is 0. The zero-order valence-electron chi connectivity index (χ0n) is 31.6. The van der Waals surface area contributed by atoms with Gasteiger partial charge in [0.15, 0.2) is 23.0 Å². The largest absolute Gasteiger partial charge is 0.453 e. The van der Waals surface area contributed by atoms with Crippen LogP contribution in [-0.2, 0) is 10.8 Å². The van der Waals surface area contributed by atoms with Gasteiger partial charge in [0.2, 0.25) is 0 Å². The van der Waals surface area contributed by atoms with Crippen molar-refractivity contribution in [1.29, 1.82) is 0 Å². The van der Waals surface area contributed by atoms with E-state index in [1.165, 1.54) is 50.2 Å². The Kier molecular flexibility index (Phi) is 6.30. The van der Waals surface area contributed by atoms with Gasteiger partial charge in [0.1, 0.15) is 0 Å². The second-order valence-electron chi connectivity index (χ2n) is 16.7. The maximum absolute atomic E-state index is 6.40. The lowest BCUT2D eigenvalue weighted by Crippen LogP contribution is -2.31. The lowest BCUT2D eigenvalue weighted by molar-refractivity contribution is 0.380. The molecule has 2 atom stereocenters. The van der Waals surface area contributed by atoms with E-state index in [1.54, 1.807) is 0 Å². The fourth-order valence-electron chi connectivity index (χ4n) is 10.6. The molecule has 4 heteroatoms. The highest BCUT2D eigenvalue weighted by Gasteiger charge is 2.52. The van der Waals surface area contributed by atoms with Crippen LogP contribution in [0.4, 0.5) is 28.4 Å². The third kappa shape index (κ3) is 4.09. The van der Waals surface area contributed by atoms with Crippen LogP contribution >= 0.6 is 0 Å². The first kappa shape index (κ1) is 31.5. The van der Waals surface area contributed by atoms with Gasteiger partial charge in [-0.05, 0) is 131 Å². The van der Waals surface area contributed by atoms with Crippen molar-refractivity contribution in [2.24, 2.45) is 5.92 Å². The number of allylic oxidation sites excluding steroid dienone is 3. The van der Waals surface area contributed by atoms with Gasteiger partial charge in [-0.25, -0.2) is 0 Å². The van der Waals surface area contributed by atoms with Crippen LogP contribution in [0.3, 0.4) is 0 Å². The van der Waals surface area contributed by atoms with E-state index in [2.05, 4.69) is 173 Å². The van der Waals surface area contributed by atoms with Crippen LogP contribution < -0.4 is 19.3 Å². The van der Waals surface area contributed by atoms with Crippen LogP contribution in [0.2, 0.25) is 0 Å². The summed E-state index contributed by atoms with van der Waals surface area (Å²) in [6, 6.07) is 43.3. The van der Waals surface area contributed by atoms with Crippen LogP contribution in [0.15, 0.2) is 145 Å². The number of hydrogen-bond acceptors (Lipinski definition) is 4. The Labute approximate surface area is 317 Å². The fraction of sp³-hybridized carbons (Fsp3) is 0.200. The Hall–Kier alpha value is -6.00. The van der Waals surface area contributed by atoms with Gasteiger partial charge in [-0.15, -0.1) is 0 Å². The van der Waals surface area contributed by atoms with Crippen molar-refractivity contribution in [3.05, 3.63) is 173 Å².